The molecule has 17 heavy (non-hydrogen) atoms. The third kappa shape index (κ3) is 4.01. The molecular formula is C12H16O5. The maximum Gasteiger partial charge on any atom is 0.313 e. The molecule has 0 fully saturated rings. The first-order chi connectivity index (χ1) is 8.06. The van der Waals surface area contributed by atoms with Crippen LogP contribution in [0.15, 0.2) is 11.8 Å². The summed E-state index contributed by atoms with van der Waals surface area (Å²) < 4.78 is 9.80. The Kier molecular flexibility index (Phi) is 4.87. The van der Waals surface area contributed by atoms with Gasteiger partial charge in [-0.2, -0.15) is 0 Å². The van der Waals surface area contributed by atoms with Gasteiger partial charge in [0.15, 0.2) is 0 Å². The van der Waals surface area contributed by atoms with Crippen LogP contribution in [0.2, 0.25) is 0 Å². The summed E-state index contributed by atoms with van der Waals surface area (Å²) in [5, 5.41) is 0. The van der Waals surface area contributed by atoms with Gasteiger partial charge in [0.05, 0.1) is 18.9 Å². The lowest BCUT2D eigenvalue weighted by Crippen LogP contribution is -2.24. The predicted molar refractivity (Wildman–Crippen MR) is 58.8 cm³/mol. The van der Waals surface area contributed by atoms with Gasteiger partial charge in [-0.3, -0.25) is 14.4 Å². The number of hydrogen-bond donors (Lipinski definition) is 0. The molecule has 0 saturated heterocycles. The number of rotatable bonds is 4. The van der Waals surface area contributed by atoms with Crippen molar-refractivity contribution in [1.82, 2.24) is 0 Å². The van der Waals surface area contributed by atoms with E-state index in [2.05, 4.69) is 0 Å². The van der Waals surface area contributed by atoms with E-state index in [4.69, 9.17) is 9.47 Å². The summed E-state index contributed by atoms with van der Waals surface area (Å²) in [6.45, 7) is 3.63. The van der Waals surface area contributed by atoms with Crippen molar-refractivity contribution < 1.29 is 23.9 Å². The summed E-state index contributed by atoms with van der Waals surface area (Å²) in [5.41, 5.74) is 0. The Morgan fingerprint density at radius 1 is 1.41 bits per heavy atom. The molecule has 0 aromatic heterocycles. The first-order valence-electron chi connectivity index (χ1n) is 5.66. The van der Waals surface area contributed by atoms with E-state index in [1.165, 1.54) is 6.08 Å². The highest BCUT2D eigenvalue weighted by Gasteiger charge is 2.28. The number of carbonyl (C=O) groups is 3. The van der Waals surface area contributed by atoms with Crippen molar-refractivity contribution in [2.24, 2.45) is 5.92 Å². The molecule has 94 valence electrons. The van der Waals surface area contributed by atoms with E-state index in [1.54, 1.807) is 13.8 Å². The summed E-state index contributed by atoms with van der Waals surface area (Å²) in [6, 6.07) is 0. The van der Waals surface area contributed by atoms with Crippen LogP contribution in [0.1, 0.15) is 33.1 Å². The number of ether oxygens (including phenoxy) is 2. The number of carbonyl (C=O) groups excluding carboxylic acids is 3. The molecule has 0 aromatic rings. The molecule has 0 bridgehead atoms. The molecular weight excluding hydrogens is 224 g/mol. The minimum atomic E-state index is -0.629. The van der Waals surface area contributed by atoms with Gasteiger partial charge in [0.1, 0.15) is 11.5 Å². The highest BCUT2D eigenvalue weighted by Crippen LogP contribution is 2.22. The van der Waals surface area contributed by atoms with Gasteiger partial charge in [0.2, 0.25) is 0 Å². The monoisotopic (exact) mass is 240 g/mol. The zero-order chi connectivity index (χ0) is 12.8. The van der Waals surface area contributed by atoms with Crippen molar-refractivity contribution in [1.29, 1.82) is 0 Å². The third-order valence-electron chi connectivity index (χ3n) is 2.33. The van der Waals surface area contributed by atoms with Gasteiger partial charge >= 0.3 is 11.9 Å². The minimum absolute atomic E-state index is 0.0711. The summed E-state index contributed by atoms with van der Waals surface area (Å²) in [7, 11) is 0. The van der Waals surface area contributed by atoms with Crippen molar-refractivity contribution in [2.45, 2.75) is 33.1 Å². The number of hydrogen-bond acceptors (Lipinski definition) is 5. The molecule has 1 aliphatic rings. The Morgan fingerprint density at radius 2 is 2.12 bits per heavy atom. The van der Waals surface area contributed by atoms with E-state index in [-0.39, 0.29) is 37.4 Å². The smallest absolute Gasteiger partial charge is 0.313 e. The lowest BCUT2D eigenvalue weighted by Gasteiger charge is -2.18. The Bertz CT molecular complexity index is 356. The molecule has 0 amide bonds. The molecule has 0 saturated carbocycles. The Hall–Kier alpha value is -1.65. The zero-order valence-corrected chi connectivity index (χ0v) is 10.0. The van der Waals surface area contributed by atoms with Crippen LogP contribution >= 0.6 is 0 Å². The molecule has 0 N–H and O–H groups in total. The van der Waals surface area contributed by atoms with Crippen LogP contribution in [0.3, 0.4) is 0 Å². The summed E-state index contributed by atoms with van der Waals surface area (Å²) >= 11 is 0. The maximum absolute atomic E-state index is 11.5. The lowest BCUT2D eigenvalue weighted by atomic mass is 9.93. The second-order valence-corrected chi connectivity index (χ2v) is 3.74. The fraction of sp³-hybridized carbons (Fsp3) is 0.583. The molecule has 0 spiro atoms. The van der Waals surface area contributed by atoms with E-state index in [0.717, 1.165) is 0 Å². The van der Waals surface area contributed by atoms with E-state index < -0.39 is 17.9 Å². The van der Waals surface area contributed by atoms with Crippen molar-refractivity contribution in [2.75, 3.05) is 6.61 Å². The molecule has 5 heteroatoms. The second kappa shape index (κ2) is 6.18. The van der Waals surface area contributed by atoms with E-state index in [1.807, 2.05) is 0 Å². The molecule has 0 radical (unpaired) electrons. The van der Waals surface area contributed by atoms with Crippen LogP contribution in [0.4, 0.5) is 0 Å². The molecule has 0 aliphatic heterocycles. The van der Waals surface area contributed by atoms with Crippen LogP contribution in [0, 0.1) is 5.92 Å². The highest BCUT2D eigenvalue weighted by molar-refractivity contribution is 5.89. The molecule has 1 aliphatic carbocycles. The molecule has 1 rings (SSSR count). The first kappa shape index (κ1) is 13.4. The van der Waals surface area contributed by atoms with Gasteiger partial charge in [0, 0.05) is 12.8 Å². The highest BCUT2D eigenvalue weighted by atomic mass is 16.5. The van der Waals surface area contributed by atoms with E-state index in [9.17, 15) is 14.4 Å². The van der Waals surface area contributed by atoms with E-state index in [0.29, 0.717) is 0 Å². The predicted octanol–water partition coefficient (Wildman–Crippen LogP) is 1.37. The minimum Gasteiger partial charge on any atom is -0.466 e. The molecule has 0 heterocycles. The number of Topliss-reactive ketones (excluding diaryl/α,β-unsaturated/α-hetero) is 1. The van der Waals surface area contributed by atoms with Gasteiger partial charge in [-0.15, -0.1) is 0 Å². The van der Waals surface area contributed by atoms with Gasteiger partial charge in [0.25, 0.3) is 0 Å². The molecule has 1 unspecified atom stereocenters. The average Bonchev–Trinajstić information content (AvgIpc) is 2.28. The number of ketones is 1. The standard InChI is InChI=1S/C12H16O5/c1-3-11(14)17-10-6-8(5-9(13)7-10)12(15)16-4-2/h6,8H,3-5,7H2,1-2H3. The van der Waals surface area contributed by atoms with Crippen LogP contribution < -0.4 is 0 Å². The molecule has 5 nitrogen and oxygen atoms in total. The van der Waals surface area contributed by atoms with Gasteiger partial charge in [-0.05, 0) is 13.0 Å². The maximum atomic E-state index is 11.5. The van der Waals surface area contributed by atoms with Crippen molar-refractivity contribution in [3.8, 4) is 0 Å². The van der Waals surface area contributed by atoms with Gasteiger partial charge in [-0.1, -0.05) is 6.92 Å². The third-order valence-corrected chi connectivity index (χ3v) is 2.33. The van der Waals surface area contributed by atoms with Crippen LogP contribution in [-0.4, -0.2) is 24.3 Å². The summed E-state index contributed by atoms with van der Waals surface area (Å²) in [6.07, 6.45) is 1.93. The first-order valence-corrected chi connectivity index (χ1v) is 5.66. The Balaban J connectivity index is 2.72. The van der Waals surface area contributed by atoms with Gasteiger partial charge < -0.3 is 9.47 Å². The molecule has 0 aromatic carbocycles. The van der Waals surface area contributed by atoms with Crippen molar-refractivity contribution >= 4 is 17.7 Å². The Morgan fingerprint density at radius 3 is 2.71 bits per heavy atom. The van der Waals surface area contributed by atoms with Gasteiger partial charge in [-0.25, -0.2) is 0 Å². The zero-order valence-electron chi connectivity index (χ0n) is 10.0. The largest absolute Gasteiger partial charge is 0.466 e. The average molecular weight is 240 g/mol. The van der Waals surface area contributed by atoms with Crippen LogP contribution in [-0.2, 0) is 23.9 Å². The summed E-state index contributed by atoms with van der Waals surface area (Å²) in [5.74, 6) is -1.36. The van der Waals surface area contributed by atoms with E-state index >= 15 is 0 Å². The fourth-order valence-corrected chi connectivity index (χ4v) is 1.54. The van der Waals surface area contributed by atoms with Crippen LogP contribution in [0.5, 0.6) is 0 Å². The number of allylic oxidation sites excluding steroid dienone is 1. The van der Waals surface area contributed by atoms with Crippen molar-refractivity contribution in [3.63, 3.8) is 0 Å². The lowest BCUT2D eigenvalue weighted by molar-refractivity contribution is -0.149. The summed E-state index contributed by atoms with van der Waals surface area (Å²) in [4.78, 5) is 34.0. The normalized spacial score (nSPS) is 19.5. The fourth-order valence-electron chi connectivity index (χ4n) is 1.54. The Labute approximate surface area is 99.8 Å². The second-order valence-electron chi connectivity index (χ2n) is 3.74. The SMILES string of the molecule is CCOC(=O)C1C=C(OC(=O)CC)CC(=O)C1. The quantitative estimate of drug-likeness (QED) is 0.694. The van der Waals surface area contributed by atoms with Crippen LogP contribution in [0.25, 0.3) is 0 Å². The number of esters is 2. The molecule has 1 atom stereocenters. The topological polar surface area (TPSA) is 69.7 Å². The van der Waals surface area contributed by atoms with Crippen molar-refractivity contribution in [3.05, 3.63) is 11.8 Å².